The van der Waals surface area contributed by atoms with Gasteiger partial charge in [-0.1, -0.05) is 32.4 Å². The van der Waals surface area contributed by atoms with Crippen LogP contribution >= 0.6 is 11.6 Å². The van der Waals surface area contributed by atoms with E-state index in [-0.39, 0.29) is 5.41 Å². The van der Waals surface area contributed by atoms with Gasteiger partial charge >= 0.3 is 0 Å². The molecule has 2 aromatic rings. The van der Waals surface area contributed by atoms with Gasteiger partial charge in [0.05, 0.1) is 10.7 Å². The molecule has 74 valence electrons. The Morgan fingerprint density at radius 2 is 2.07 bits per heavy atom. The van der Waals surface area contributed by atoms with Gasteiger partial charge in [0.15, 0.2) is 5.65 Å². The quantitative estimate of drug-likeness (QED) is 0.668. The number of aromatic nitrogens is 3. The molecule has 0 radical (unpaired) electrons. The fourth-order valence-electron chi connectivity index (χ4n) is 1.34. The van der Waals surface area contributed by atoms with E-state index >= 15 is 0 Å². The van der Waals surface area contributed by atoms with Crippen molar-refractivity contribution in [3.05, 3.63) is 29.2 Å². The van der Waals surface area contributed by atoms with Gasteiger partial charge < -0.3 is 0 Å². The monoisotopic (exact) mass is 209 g/mol. The molecule has 0 amide bonds. The summed E-state index contributed by atoms with van der Waals surface area (Å²) in [5, 5.41) is 5.11. The lowest BCUT2D eigenvalue weighted by Gasteiger charge is -2.18. The fourth-order valence-corrected chi connectivity index (χ4v) is 1.76. The van der Waals surface area contributed by atoms with Gasteiger partial charge in [0.1, 0.15) is 0 Å². The molecule has 14 heavy (non-hydrogen) atoms. The zero-order valence-corrected chi connectivity index (χ0v) is 9.21. The topological polar surface area (TPSA) is 30.2 Å². The third kappa shape index (κ3) is 1.48. The molecule has 0 aliphatic heterocycles. The van der Waals surface area contributed by atoms with Crippen molar-refractivity contribution in [1.29, 1.82) is 0 Å². The first kappa shape index (κ1) is 9.46. The predicted molar refractivity (Wildman–Crippen MR) is 56.7 cm³/mol. The maximum absolute atomic E-state index is 6.13. The zero-order valence-electron chi connectivity index (χ0n) is 8.45. The number of hydrogen-bond donors (Lipinski definition) is 0. The summed E-state index contributed by atoms with van der Waals surface area (Å²) in [5.41, 5.74) is 1.63. The molecule has 0 fully saturated rings. The molecular formula is C10H12ClN3. The van der Waals surface area contributed by atoms with Gasteiger partial charge in [-0.25, -0.2) is 9.50 Å². The van der Waals surface area contributed by atoms with Crippen LogP contribution in [0.4, 0.5) is 0 Å². The van der Waals surface area contributed by atoms with Gasteiger partial charge in [-0.05, 0) is 0 Å². The Morgan fingerprint density at radius 3 is 2.71 bits per heavy atom. The zero-order chi connectivity index (χ0) is 10.3. The maximum Gasteiger partial charge on any atom is 0.154 e. The van der Waals surface area contributed by atoms with Crippen LogP contribution in [0.5, 0.6) is 0 Å². The summed E-state index contributed by atoms with van der Waals surface area (Å²) < 4.78 is 1.74. The number of imidazole rings is 1. The highest BCUT2D eigenvalue weighted by Gasteiger charge is 2.20. The molecule has 2 heterocycles. The molecule has 0 aliphatic rings. The van der Waals surface area contributed by atoms with Gasteiger partial charge in [-0.3, -0.25) is 0 Å². The molecule has 0 spiro atoms. The number of halogens is 1. The second-order valence-electron chi connectivity index (χ2n) is 4.32. The summed E-state index contributed by atoms with van der Waals surface area (Å²) in [5.74, 6) is 0. The molecule has 2 rings (SSSR count). The Hall–Kier alpha value is -1.09. The first-order valence-corrected chi connectivity index (χ1v) is 4.86. The van der Waals surface area contributed by atoms with E-state index in [0.717, 1.165) is 11.3 Å². The minimum Gasteiger partial charge on any atom is -0.235 e. The fraction of sp³-hybridized carbons (Fsp3) is 0.400. The van der Waals surface area contributed by atoms with Crippen LogP contribution in [0.1, 0.15) is 26.5 Å². The van der Waals surface area contributed by atoms with Crippen LogP contribution in [0.15, 0.2) is 18.5 Å². The standard InChI is InChI=1S/C10H12ClN3/c1-10(2,3)9-7(11)6-8-12-4-5-14(8)13-9/h4-6H,1-3H3. The molecule has 0 aliphatic carbocycles. The van der Waals surface area contributed by atoms with E-state index < -0.39 is 0 Å². The SMILES string of the molecule is CC(C)(C)c1nn2ccnc2cc1Cl. The molecule has 0 saturated carbocycles. The van der Waals surface area contributed by atoms with E-state index in [4.69, 9.17) is 11.6 Å². The summed E-state index contributed by atoms with van der Waals surface area (Å²) in [4.78, 5) is 4.12. The average molecular weight is 210 g/mol. The molecule has 4 heteroatoms. The van der Waals surface area contributed by atoms with Crippen LogP contribution in [0, 0.1) is 0 Å². The smallest absolute Gasteiger partial charge is 0.154 e. The van der Waals surface area contributed by atoms with Gasteiger partial charge in [0.2, 0.25) is 0 Å². The number of rotatable bonds is 0. The summed E-state index contributed by atoms with van der Waals surface area (Å²) in [7, 11) is 0. The highest BCUT2D eigenvalue weighted by atomic mass is 35.5. The van der Waals surface area contributed by atoms with Crippen LogP contribution in [-0.4, -0.2) is 14.6 Å². The molecule has 0 atom stereocenters. The van der Waals surface area contributed by atoms with Crippen molar-refractivity contribution in [2.24, 2.45) is 0 Å². The highest BCUT2D eigenvalue weighted by Crippen LogP contribution is 2.27. The van der Waals surface area contributed by atoms with Gasteiger partial charge in [-0.15, -0.1) is 0 Å². The third-order valence-electron chi connectivity index (χ3n) is 2.05. The highest BCUT2D eigenvalue weighted by molar-refractivity contribution is 6.31. The summed E-state index contributed by atoms with van der Waals surface area (Å²) in [6.07, 6.45) is 3.53. The molecule has 3 nitrogen and oxygen atoms in total. The molecule has 0 bridgehead atoms. The summed E-state index contributed by atoms with van der Waals surface area (Å²) in [6, 6.07) is 1.84. The molecule has 2 aromatic heterocycles. The first-order valence-electron chi connectivity index (χ1n) is 4.49. The first-order chi connectivity index (χ1) is 6.48. The normalized spacial score (nSPS) is 12.3. The van der Waals surface area contributed by atoms with Gasteiger partial charge in [0.25, 0.3) is 0 Å². The minimum absolute atomic E-state index is 0.0461. The Kier molecular flexibility index (Phi) is 2.00. The number of nitrogens with zero attached hydrogens (tertiary/aromatic N) is 3. The number of hydrogen-bond acceptors (Lipinski definition) is 2. The lowest BCUT2D eigenvalue weighted by molar-refractivity contribution is 0.554. The van der Waals surface area contributed by atoms with E-state index in [2.05, 4.69) is 30.9 Å². The van der Waals surface area contributed by atoms with Crippen LogP contribution in [0.2, 0.25) is 5.02 Å². The third-order valence-corrected chi connectivity index (χ3v) is 2.34. The van der Waals surface area contributed by atoms with E-state index in [0.29, 0.717) is 5.02 Å². The van der Waals surface area contributed by atoms with Crippen LogP contribution < -0.4 is 0 Å². The molecule has 0 N–H and O–H groups in total. The summed E-state index contributed by atoms with van der Waals surface area (Å²) in [6.45, 7) is 6.26. The Morgan fingerprint density at radius 1 is 1.36 bits per heavy atom. The Bertz CT molecular complexity index is 468. The number of fused-ring (bicyclic) bond motifs is 1. The van der Waals surface area contributed by atoms with E-state index in [1.807, 2.05) is 12.3 Å². The molecule has 0 saturated heterocycles. The summed E-state index contributed by atoms with van der Waals surface area (Å²) >= 11 is 6.13. The van der Waals surface area contributed by atoms with Gasteiger partial charge in [0, 0.05) is 23.9 Å². The van der Waals surface area contributed by atoms with Crippen molar-refractivity contribution in [1.82, 2.24) is 14.6 Å². The van der Waals surface area contributed by atoms with E-state index in [9.17, 15) is 0 Å². The van der Waals surface area contributed by atoms with Crippen LogP contribution in [-0.2, 0) is 5.41 Å². The average Bonchev–Trinajstić information content (AvgIpc) is 2.47. The maximum atomic E-state index is 6.13. The lowest BCUT2D eigenvalue weighted by atomic mass is 9.92. The van der Waals surface area contributed by atoms with Crippen molar-refractivity contribution in [3.8, 4) is 0 Å². The van der Waals surface area contributed by atoms with Crippen LogP contribution in [0.25, 0.3) is 5.65 Å². The molecule has 0 unspecified atom stereocenters. The van der Waals surface area contributed by atoms with Crippen molar-refractivity contribution in [2.45, 2.75) is 26.2 Å². The second kappa shape index (κ2) is 2.95. The van der Waals surface area contributed by atoms with Crippen molar-refractivity contribution >= 4 is 17.2 Å². The van der Waals surface area contributed by atoms with Gasteiger partial charge in [-0.2, -0.15) is 5.10 Å². The van der Waals surface area contributed by atoms with Crippen molar-refractivity contribution in [3.63, 3.8) is 0 Å². The minimum atomic E-state index is -0.0461. The molecular weight excluding hydrogens is 198 g/mol. The Balaban J connectivity index is 2.71. The largest absolute Gasteiger partial charge is 0.235 e. The van der Waals surface area contributed by atoms with Crippen molar-refractivity contribution < 1.29 is 0 Å². The van der Waals surface area contributed by atoms with Crippen molar-refractivity contribution in [2.75, 3.05) is 0 Å². The van der Waals surface area contributed by atoms with Crippen LogP contribution in [0.3, 0.4) is 0 Å². The lowest BCUT2D eigenvalue weighted by Crippen LogP contribution is -2.16. The molecule has 0 aromatic carbocycles. The predicted octanol–water partition coefficient (Wildman–Crippen LogP) is 2.68. The van der Waals surface area contributed by atoms with E-state index in [1.165, 1.54) is 0 Å². The van der Waals surface area contributed by atoms with E-state index in [1.54, 1.807) is 10.7 Å². The second-order valence-corrected chi connectivity index (χ2v) is 4.73. The Labute approximate surface area is 87.7 Å².